The lowest BCUT2D eigenvalue weighted by molar-refractivity contribution is -0.137. The van der Waals surface area contributed by atoms with Gasteiger partial charge in [0.05, 0.1) is 5.56 Å². The second kappa shape index (κ2) is 9.46. The van der Waals surface area contributed by atoms with E-state index in [-0.39, 0.29) is 6.79 Å². The molecule has 0 spiro atoms. The summed E-state index contributed by atoms with van der Waals surface area (Å²) >= 11 is 0. The zero-order chi connectivity index (χ0) is 20.9. The molecule has 1 unspecified atom stereocenters. The summed E-state index contributed by atoms with van der Waals surface area (Å²) in [5.74, 6) is 0.357. The number of hydrogen-bond acceptors (Lipinski definition) is 3. The van der Waals surface area contributed by atoms with E-state index in [1.165, 1.54) is 26.0 Å². The minimum atomic E-state index is -4.43. The lowest BCUT2D eigenvalue weighted by Crippen LogP contribution is -2.34. The van der Waals surface area contributed by atoms with E-state index in [2.05, 4.69) is 18.0 Å². The molecule has 1 aliphatic heterocycles. The van der Waals surface area contributed by atoms with Crippen molar-refractivity contribution in [1.82, 2.24) is 4.90 Å². The normalized spacial score (nSPS) is 18.3. The minimum absolute atomic E-state index is 0.0385. The molecule has 156 valence electrons. The van der Waals surface area contributed by atoms with Gasteiger partial charge in [0.25, 0.3) is 0 Å². The fourth-order valence-corrected chi connectivity index (χ4v) is 3.61. The SMILES string of the molecule is COCOc1ccc(C(F)(F)F)cc1-c1ccccc1C=CC1CCCCN1C. The number of likely N-dealkylation sites (N-methyl/N-ethyl adjacent to an activating group) is 1. The average Bonchev–Trinajstić information content (AvgIpc) is 2.71. The highest BCUT2D eigenvalue weighted by atomic mass is 19.4. The first-order valence-corrected chi connectivity index (χ1v) is 9.71. The number of piperidine rings is 1. The van der Waals surface area contributed by atoms with Crippen molar-refractivity contribution >= 4 is 6.08 Å². The number of alkyl halides is 3. The predicted molar refractivity (Wildman–Crippen MR) is 109 cm³/mol. The van der Waals surface area contributed by atoms with E-state index in [1.54, 1.807) is 0 Å². The quantitative estimate of drug-likeness (QED) is 0.563. The molecule has 3 rings (SSSR count). The number of halogens is 3. The van der Waals surface area contributed by atoms with Crippen LogP contribution in [0.25, 0.3) is 17.2 Å². The van der Waals surface area contributed by atoms with Gasteiger partial charge in [0.2, 0.25) is 0 Å². The van der Waals surface area contributed by atoms with Crippen molar-refractivity contribution in [1.29, 1.82) is 0 Å². The molecule has 1 saturated heterocycles. The van der Waals surface area contributed by atoms with Crippen molar-refractivity contribution in [3.8, 4) is 16.9 Å². The monoisotopic (exact) mass is 405 g/mol. The average molecular weight is 405 g/mol. The Bertz CT molecular complexity index is 848. The van der Waals surface area contributed by atoms with Gasteiger partial charge in [0, 0.05) is 18.7 Å². The highest BCUT2D eigenvalue weighted by Crippen LogP contribution is 2.39. The summed E-state index contributed by atoms with van der Waals surface area (Å²) in [6.07, 6.45) is 3.18. The molecule has 0 N–H and O–H groups in total. The molecule has 1 fully saturated rings. The Kier molecular flexibility index (Phi) is 6.98. The molecule has 1 heterocycles. The smallest absolute Gasteiger partial charge is 0.416 e. The van der Waals surface area contributed by atoms with E-state index in [0.29, 0.717) is 22.9 Å². The van der Waals surface area contributed by atoms with Crippen LogP contribution in [0.1, 0.15) is 30.4 Å². The number of hydrogen-bond donors (Lipinski definition) is 0. The van der Waals surface area contributed by atoms with Crippen LogP contribution in [0.3, 0.4) is 0 Å². The summed E-state index contributed by atoms with van der Waals surface area (Å²) in [5.41, 5.74) is 1.24. The second-order valence-electron chi connectivity index (χ2n) is 7.25. The van der Waals surface area contributed by atoms with Gasteiger partial charge in [0.1, 0.15) is 5.75 Å². The molecule has 0 aromatic heterocycles. The van der Waals surface area contributed by atoms with E-state index in [0.717, 1.165) is 30.7 Å². The Labute approximate surface area is 169 Å². The molecular weight excluding hydrogens is 379 g/mol. The number of likely N-dealkylation sites (tertiary alicyclic amines) is 1. The lowest BCUT2D eigenvalue weighted by Gasteiger charge is -2.30. The number of rotatable bonds is 6. The van der Waals surface area contributed by atoms with Crippen LogP contribution in [-0.4, -0.2) is 38.4 Å². The zero-order valence-electron chi connectivity index (χ0n) is 16.7. The van der Waals surface area contributed by atoms with Crippen LogP contribution in [0.15, 0.2) is 48.5 Å². The number of methoxy groups -OCH3 is 1. The van der Waals surface area contributed by atoms with Crippen molar-refractivity contribution in [3.63, 3.8) is 0 Å². The van der Waals surface area contributed by atoms with E-state index >= 15 is 0 Å². The first-order valence-electron chi connectivity index (χ1n) is 9.71. The molecule has 0 amide bonds. The van der Waals surface area contributed by atoms with Gasteiger partial charge in [-0.15, -0.1) is 0 Å². The molecule has 0 saturated carbocycles. The minimum Gasteiger partial charge on any atom is -0.467 e. The molecule has 2 aromatic carbocycles. The van der Waals surface area contributed by atoms with Crippen LogP contribution in [-0.2, 0) is 10.9 Å². The van der Waals surface area contributed by atoms with Gasteiger partial charge in [-0.3, -0.25) is 4.90 Å². The molecule has 2 aromatic rings. The predicted octanol–water partition coefficient (Wildman–Crippen LogP) is 5.85. The molecule has 0 bridgehead atoms. The van der Waals surface area contributed by atoms with E-state index in [9.17, 15) is 13.2 Å². The van der Waals surface area contributed by atoms with Crippen molar-refractivity contribution in [2.75, 3.05) is 27.5 Å². The van der Waals surface area contributed by atoms with Gasteiger partial charge >= 0.3 is 6.18 Å². The van der Waals surface area contributed by atoms with Crippen LogP contribution in [0, 0.1) is 0 Å². The highest BCUT2D eigenvalue weighted by molar-refractivity contribution is 5.79. The van der Waals surface area contributed by atoms with Crippen LogP contribution >= 0.6 is 0 Å². The van der Waals surface area contributed by atoms with Gasteiger partial charge in [-0.25, -0.2) is 0 Å². The molecule has 29 heavy (non-hydrogen) atoms. The summed E-state index contributed by atoms with van der Waals surface area (Å²) < 4.78 is 50.4. The molecule has 1 atom stereocenters. The third-order valence-electron chi connectivity index (χ3n) is 5.21. The molecule has 0 radical (unpaired) electrons. The Morgan fingerprint density at radius 1 is 1.10 bits per heavy atom. The summed E-state index contributed by atoms with van der Waals surface area (Å²) in [6, 6.07) is 11.3. The van der Waals surface area contributed by atoms with Crippen molar-refractivity contribution < 1.29 is 22.6 Å². The van der Waals surface area contributed by atoms with Crippen LogP contribution in [0.5, 0.6) is 5.75 Å². The molecular formula is C23H26F3NO2. The Balaban J connectivity index is 2.01. The Hall–Kier alpha value is -2.31. The van der Waals surface area contributed by atoms with Gasteiger partial charge in [-0.1, -0.05) is 42.8 Å². The van der Waals surface area contributed by atoms with E-state index in [1.807, 2.05) is 30.3 Å². The molecule has 6 heteroatoms. The van der Waals surface area contributed by atoms with Crippen LogP contribution in [0.4, 0.5) is 13.2 Å². The number of ether oxygens (including phenoxy) is 2. The van der Waals surface area contributed by atoms with Gasteiger partial charge in [-0.2, -0.15) is 13.2 Å². The number of nitrogens with zero attached hydrogens (tertiary/aromatic N) is 1. The van der Waals surface area contributed by atoms with Crippen LogP contribution in [0.2, 0.25) is 0 Å². The topological polar surface area (TPSA) is 21.7 Å². The van der Waals surface area contributed by atoms with E-state index < -0.39 is 11.7 Å². The second-order valence-corrected chi connectivity index (χ2v) is 7.25. The standard InChI is InChI=1S/C23H26F3NO2/c1-27-14-6-5-8-19(27)12-10-17-7-3-4-9-20(17)21-15-18(23(24,25)26)11-13-22(21)29-16-28-2/h3-4,7,9-13,15,19H,5-6,8,14,16H2,1-2H3. The van der Waals surface area contributed by atoms with Gasteiger partial charge < -0.3 is 9.47 Å². The molecule has 1 aliphatic rings. The summed E-state index contributed by atoms with van der Waals surface area (Å²) in [6.45, 7) is 1.02. The third kappa shape index (κ3) is 5.40. The summed E-state index contributed by atoms with van der Waals surface area (Å²) in [4.78, 5) is 2.31. The van der Waals surface area contributed by atoms with Gasteiger partial charge in [0.15, 0.2) is 6.79 Å². The largest absolute Gasteiger partial charge is 0.467 e. The van der Waals surface area contributed by atoms with Crippen molar-refractivity contribution in [2.45, 2.75) is 31.5 Å². The van der Waals surface area contributed by atoms with Crippen molar-refractivity contribution in [3.05, 3.63) is 59.7 Å². The first-order chi connectivity index (χ1) is 13.9. The maximum absolute atomic E-state index is 13.3. The molecule has 3 nitrogen and oxygen atoms in total. The Morgan fingerprint density at radius 3 is 2.62 bits per heavy atom. The van der Waals surface area contributed by atoms with Crippen molar-refractivity contribution in [2.24, 2.45) is 0 Å². The fraction of sp³-hybridized carbons (Fsp3) is 0.391. The lowest BCUT2D eigenvalue weighted by atomic mass is 9.95. The maximum atomic E-state index is 13.3. The van der Waals surface area contributed by atoms with Crippen LogP contribution < -0.4 is 4.74 Å². The fourth-order valence-electron chi connectivity index (χ4n) is 3.61. The number of benzene rings is 2. The molecule has 0 aliphatic carbocycles. The zero-order valence-corrected chi connectivity index (χ0v) is 16.7. The Morgan fingerprint density at radius 2 is 1.90 bits per heavy atom. The highest BCUT2D eigenvalue weighted by Gasteiger charge is 2.31. The first kappa shape index (κ1) is 21.4. The van der Waals surface area contributed by atoms with Gasteiger partial charge in [-0.05, 0) is 55.8 Å². The van der Waals surface area contributed by atoms with E-state index in [4.69, 9.17) is 9.47 Å². The summed E-state index contributed by atoms with van der Waals surface area (Å²) in [5, 5.41) is 0. The third-order valence-corrected chi connectivity index (χ3v) is 5.21. The maximum Gasteiger partial charge on any atom is 0.416 e. The summed E-state index contributed by atoms with van der Waals surface area (Å²) in [7, 11) is 3.57.